The standard InChI is InChI=1S/C22H35N7.HI/c1-4-29-15-9-13-20(29)16-24-22(25-17-21-27-26-18(2)28(21)3)23-14-8-12-19-10-6-5-7-11-19;/h5-7,10-11,20H,4,8-9,12-17H2,1-3H3,(H2,23,24,25);1H. The Labute approximate surface area is 197 Å². The van der Waals surface area contributed by atoms with Crippen LogP contribution < -0.4 is 10.6 Å². The number of halogens is 1. The molecule has 0 amide bonds. The molecule has 1 fully saturated rings. The number of hydrogen-bond donors (Lipinski definition) is 2. The molecule has 0 aliphatic carbocycles. The second kappa shape index (κ2) is 12.9. The lowest BCUT2D eigenvalue weighted by Crippen LogP contribution is -2.45. The smallest absolute Gasteiger partial charge is 0.191 e. The number of nitrogens with zero attached hydrogens (tertiary/aromatic N) is 5. The second-order valence-electron chi connectivity index (χ2n) is 7.71. The van der Waals surface area contributed by atoms with Crippen LogP contribution in [0, 0.1) is 6.92 Å². The lowest BCUT2D eigenvalue weighted by Gasteiger charge is -2.24. The third-order valence-electron chi connectivity index (χ3n) is 5.75. The van der Waals surface area contributed by atoms with E-state index in [1.807, 2.05) is 18.5 Å². The van der Waals surface area contributed by atoms with Crippen molar-refractivity contribution in [2.75, 3.05) is 26.2 Å². The van der Waals surface area contributed by atoms with Crippen LogP contribution in [0.4, 0.5) is 0 Å². The monoisotopic (exact) mass is 525 g/mol. The molecule has 2 N–H and O–H groups in total. The van der Waals surface area contributed by atoms with E-state index in [4.69, 9.17) is 4.99 Å². The molecular weight excluding hydrogens is 489 g/mol. The molecule has 7 nitrogen and oxygen atoms in total. The van der Waals surface area contributed by atoms with Gasteiger partial charge in [-0.2, -0.15) is 0 Å². The third-order valence-corrected chi connectivity index (χ3v) is 5.75. The first-order chi connectivity index (χ1) is 14.2. The zero-order chi connectivity index (χ0) is 20.5. The molecule has 2 heterocycles. The van der Waals surface area contributed by atoms with Gasteiger partial charge in [-0.15, -0.1) is 34.2 Å². The molecule has 1 atom stereocenters. The SMILES string of the molecule is CCN1CCCC1CNC(=NCc1nnc(C)n1C)NCCCc1ccccc1.I. The highest BCUT2D eigenvalue weighted by Gasteiger charge is 2.22. The van der Waals surface area contributed by atoms with Crippen molar-refractivity contribution in [2.24, 2.45) is 12.0 Å². The van der Waals surface area contributed by atoms with Crippen molar-refractivity contribution in [3.63, 3.8) is 0 Å². The van der Waals surface area contributed by atoms with Gasteiger partial charge in [-0.3, -0.25) is 4.90 Å². The topological polar surface area (TPSA) is 70.4 Å². The van der Waals surface area contributed by atoms with Gasteiger partial charge in [-0.1, -0.05) is 37.3 Å². The average molecular weight is 525 g/mol. The van der Waals surface area contributed by atoms with E-state index in [9.17, 15) is 0 Å². The van der Waals surface area contributed by atoms with Crippen molar-refractivity contribution in [1.82, 2.24) is 30.3 Å². The lowest BCUT2D eigenvalue weighted by atomic mass is 10.1. The van der Waals surface area contributed by atoms with Crippen LogP contribution in [0.5, 0.6) is 0 Å². The number of likely N-dealkylation sites (tertiary alicyclic amines) is 1. The van der Waals surface area contributed by atoms with Gasteiger partial charge in [0, 0.05) is 26.2 Å². The van der Waals surface area contributed by atoms with Gasteiger partial charge < -0.3 is 15.2 Å². The summed E-state index contributed by atoms with van der Waals surface area (Å²) in [5.74, 6) is 2.65. The maximum Gasteiger partial charge on any atom is 0.191 e. The molecule has 8 heteroatoms. The van der Waals surface area contributed by atoms with E-state index in [-0.39, 0.29) is 24.0 Å². The fourth-order valence-corrected chi connectivity index (χ4v) is 3.81. The van der Waals surface area contributed by atoms with E-state index in [0.29, 0.717) is 12.6 Å². The van der Waals surface area contributed by atoms with Gasteiger partial charge in [0.15, 0.2) is 11.8 Å². The van der Waals surface area contributed by atoms with E-state index >= 15 is 0 Å². The highest BCUT2D eigenvalue weighted by atomic mass is 127. The van der Waals surface area contributed by atoms with Crippen LogP contribution in [0.2, 0.25) is 0 Å². The van der Waals surface area contributed by atoms with E-state index in [2.05, 4.69) is 63.0 Å². The summed E-state index contributed by atoms with van der Waals surface area (Å²) in [4.78, 5) is 7.32. The first-order valence-corrected chi connectivity index (χ1v) is 10.8. The summed E-state index contributed by atoms with van der Waals surface area (Å²) in [5.41, 5.74) is 1.37. The first-order valence-electron chi connectivity index (χ1n) is 10.8. The molecule has 1 aromatic heterocycles. The molecule has 0 bridgehead atoms. The van der Waals surface area contributed by atoms with E-state index in [1.165, 1.54) is 24.9 Å². The van der Waals surface area contributed by atoms with Crippen LogP contribution in [-0.2, 0) is 20.0 Å². The lowest BCUT2D eigenvalue weighted by molar-refractivity contribution is 0.267. The number of rotatable bonds is 9. The second-order valence-corrected chi connectivity index (χ2v) is 7.71. The summed E-state index contributed by atoms with van der Waals surface area (Å²) in [6.07, 6.45) is 4.67. The third kappa shape index (κ3) is 7.23. The molecule has 1 aliphatic heterocycles. The molecule has 1 aromatic carbocycles. The Morgan fingerprint density at radius 1 is 1.20 bits per heavy atom. The molecule has 3 rings (SSSR count). The Balaban J connectivity index is 0.00000320. The summed E-state index contributed by atoms with van der Waals surface area (Å²) in [5, 5.41) is 15.4. The maximum absolute atomic E-state index is 4.78. The summed E-state index contributed by atoms with van der Waals surface area (Å²) < 4.78 is 1.99. The molecule has 30 heavy (non-hydrogen) atoms. The van der Waals surface area contributed by atoms with Gasteiger partial charge in [0.2, 0.25) is 0 Å². The minimum absolute atomic E-state index is 0. The molecular formula is C22H36IN7. The Morgan fingerprint density at radius 2 is 2.00 bits per heavy atom. The molecule has 0 radical (unpaired) electrons. The Morgan fingerprint density at radius 3 is 2.70 bits per heavy atom. The summed E-state index contributed by atoms with van der Waals surface area (Å²) in [6, 6.07) is 11.2. The van der Waals surface area contributed by atoms with Gasteiger partial charge in [0.1, 0.15) is 12.4 Å². The average Bonchev–Trinajstić information content (AvgIpc) is 3.34. The molecule has 0 saturated carbocycles. The summed E-state index contributed by atoms with van der Waals surface area (Å²) in [6.45, 7) is 8.86. The van der Waals surface area contributed by atoms with Gasteiger partial charge in [-0.25, -0.2) is 4.99 Å². The zero-order valence-corrected chi connectivity index (χ0v) is 20.8. The first kappa shape index (κ1) is 24.6. The number of aromatic nitrogens is 3. The van der Waals surface area contributed by atoms with Gasteiger partial charge in [0.05, 0.1) is 0 Å². The normalized spacial score (nSPS) is 17.0. The number of likely N-dealkylation sites (N-methyl/N-ethyl adjacent to an activating group) is 1. The highest BCUT2D eigenvalue weighted by Crippen LogP contribution is 2.15. The van der Waals surface area contributed by atoms with Crippen molar-refractivity contribution in [3.05, 3.63) is 47.5 Å². The van der Waals surface area contributed by atoms with Crippen molar-refractivity contribution < 1.29 is 0 Å². The van der Waals surface area contributed by atoms with Crippen molar-refractivity contribution in [1.29, 1.82) is 0 Å². The highest BCUT2D eigenvalue weighted by molar-refractivity contribution is 14.0. The molecule has 2 aromatic rings. The number of nitrogens with one attached hydrogen (secondary N) is 2. The van der Waals surface area contributed by atoms with E-state index in [0.717, 1.165) is 50.1 Å². The number of hydrogen-bond acceptors (Lipinski definition) is 4. The Kier molecular flexibility index (Phi) is 10.6. The molecule has 1 aliphatic rings. The zero-order valence-electron chi connectivity index (χ0n) is 18.5. The predicted molar refractivity (Wildman–Crippen MR) is 133 cm³/mol. The van der Waals surface area contributed by atoms with Gasteiger partial charge >= 0.3 is 0 Å². The van der Waals surface area contributed by atoms with Crippen molar-refractivity contribution in [3.8, 4) is 0 Å². The van der Waals surface area contributed by atoms with Crippen LogP contribution in [0.1, 0.15) is 43.4 Å². The summed E-state index contributed by atoms with van der Waals surface area (Å²) in [7, 11) is 1.98. The maximum atomic E-state index is 4.78. The van der Waals surface area contributed by atoms with Crippen LogP contribution in [0.25, 0.3) is 0 Å². The van der Waals surface area contributed by atoms with E-state index < -0.39 is 0 Å². The van der Waals surface area contributed by atoms with Crippen molar-refractivity contribution >= 4 is 29.9 Å². The number of aryl methyl sites for hydroxylation is 2. The molecule has 0 spiro atoms. The van der Waals surface area contributed by atoms with Crippen molar-refractivity contribution in [2.45, 2.75) is 52.1 Å². The van der Waals surface area contributed by atoms with Crippen LogP contribution >= 0.6 is 24.0 Å². The minimum atomic E-state index is 0. The van der Waals surface area contributed by atoms with E-state index in [1.54, 1.807) is 0 Å². The number of guanidine groups is 1. The van der Waals surface area contributed by atoms with Gasteiger partial charge in [-0.05, 0) is 51.3 Å². The fourth-order valence-electron chi connectivity index (χ4n) is 3.81. The minimum Gasteiger partial charge on any atom is -0.356 e. The quantitative estimate of drug-likeness (QED) is 0.228. The molecule has 166 valence electrons. The Bertz CT molecular complexity index is 775. The Hall–Kier alpha value is -1.68. The largest absolute Gasteiger partial charge is 0.356 e. The summed E-state index contributed by atoms with van der Waals surface area (Å²) >= 11 is 0. The predicted octanol–water partition coefficient (Wildman–Crippen LogP) is 2.89. The van der Waals surface area contributed by atoms with Crippen LogP contribution in [-0.4, -0.2) is 57.8 Å². The molecule has 1 saturated heterocycles. The molecule has 1 unspecified atom stereocenters. The van der Waals surface area contributed by atoms with Gasteiger partial charge in [0.25, 0.3) is 0 Å². The fraction of sp³-hybridized carbons (Fsp3) is 0.591. The van der Waals surface area contributed by atoms with Crippen LogP contribution in [0.3, 0.4) is 0 Å². The van der Waals surface area contributed by atoms with Crippen LogP contribution in [0.15, 0.2) is 35.3 Å². The number of aliphatic imine (C=N–C) groups is 1. The number of benzene rings is 1.